The smallest absolute Gasteiger partial charge is 0.108 e. The van der Waals surface area contributed by atoms with Gasteiger partial charge in [-0.2, -0.15) is 0 Å². The maximum Gasteiger partial charge on any atom is 0.108 e. The molecule has 1 heterocycles. The Morgan fingerprint density at radius 2 is 1.94 bits per heavy atom. The van der Waals surface area contributed by atoms with Gasteiger partial charge in [-0.05, 0) is 11.5 Å². The normalized spacial score (nSPS) is 11.0. The van der Waals surface area contributed by atoms with Gasteiger partial charge in [-0.3, -0.25) is 0 Å². The molecule has 0 fully saturated rings. The van der Waals surface area contributed by atoms with Crippen LogP contribution in [0.2, 0.25) is 0 Å². The van der Waals surface area contributed by atoms with Crippen LogP contribution >= 0.6 is 22.9 Å². The van der Waals surface area contributed by atoms with E-state index >= 15 is 0 Å². The molecule has 0 unspecified atom stereocenters. The molecule has 16 heavy (non-hydrogen) atoms. The van der Waals surface area contributed by atoms with Crippen molar-refractivity contribution in [3.63, 3.8) is 0 Å². The molecule has 0 spiro atoms. The molecule has 0 aliphatic rings. The molecule has 84 valence electrons. The van der Waals surface area contributed by atoms with E-state index in [4.69, 9.17) is 11.6 Å². The molecule has 2 rings (SSSR count). The van der Waals surface area contributed by atoms with Crippen molar-refractivity contribution in [3.05, 3.63) is 40.2 Å². The third-order valence-corrected chi connectivity index (χ3v) is 3.80. The Bertz CT molecular complexity index is 459. The summed E-state index contributed by atoms with van der Waals surface area (Å²) in [5.41, 5.74) is 3.55. The van der Waals surface area contributed by atoms with Crippen LogP contribution < -0.4 is 0 Å². The number of alkyl halides is 1. The van der Waals surface area contributed by atoms with Gasteiger partial charge in [0.05, 0.1) is 11.6 Å². The zero-order valence-electron chi connectivity index (χ0n) is 9.40. The van der Waals surface area contributed by atoms with Crippen LogP contribution in [0.15, 0.2) is 29.6 Å². The molecule has 0 radical (unpaired) electrons. The topological polar surface area (TPSA) is 12.9 Å². The predicted octanol–water partition coefficient (Wildman–Crippen LogP) is 4.67. The van der Waals surface area contributed by atoms with Crippen LogP contribution in [-0.2, 0) is 5.88 Å². The van der Waals surface area contributed by atoms with E-state index in [1.807, 2.05) is 0 Å². The third kappa shape index (κ3) is 2.45. The Labute approximate surface area is 105 Å². The Morgan fingerprint density at radius 3 is 2.44 bits per heavy atom. The van der Waals surface area contributed by atoms with Crippen LogP contribution in [0.1, 0.15) is 30.3 Å². The van der Waals surface area contributed by atoms with E-state index in [0.717, 1.165) is 16.3 Å². The number of halogens is 1. The van der Waals surface area contributed by atoms with Crippen molar-refractivity contribution < 1.29 is 0 Å². The monoisotopic (exact) mass is 251 g/mol. The lowest BCUT2D eigenvalue weighted by Gasteiger charge is -2.05. The van der Waals surface area contributed by atoms with E-state index in [2.05, 4.69) is 48.5 Å². The molecule has 1 nitrogen and oxygen atoms in total. The molecule has 0 amide bonds. The van der Waals surface area contributed by atoms with Crippen LogP contribution in [0, 0.1) is 0 Å². The van der Waals surface area contributed by atoms with E-state index in [0.29, 0.717) is 11.8 Å². The number of rotatable bonds is 3. The molecule has 1 aromatic heterocycles. The molecule has 0 aliphatic carbocycles. The van der Waals surface area contributed by atoms with Gasteiger partial charge in [0, 0.05) is 10.9 Å². The molecule has 0 bridgehead atoms. The van der Waals surface area contributed by atoms with Gasteiger partial charge in [0.25, 0.3) is 0 Å². The number of hydrogen-bond acceptors (Lipinski definition) is 2. The lowest BCUT2D eigenvalue weighted by Crippen LogP contribution is -1.87. The van der Waals surface area contributed by atoms with Crippen LogP contribution in [-0.4, -0.2) is 4.98 Å². The Hall–Kier alpha value is -0.860. The summed E-state index contributed by atoms with van der Waals surface area (Å²) < 4.78 is 0. The van der Waals surface area contributed by atoms with Crippen LogP contribution in [0.4, 0.5) is 0 Å². The van der Waals surface area contributed by atoms with Gasteiger partial charge in [0.15, 0.2) is 0 Å². The van der Waals surface area contributed by atoms with E-state index in [1.54, 1.807) is 11.3 Å². The highest BCUT2D eigenvalue weighted by Gasteiger charge is 2.04. The van der Waals surface area contributed by atoms with Gasteiger partial charge < -0.3 is 0 Å². The predicted molar refractivity (Wildman–Crippen MR) is 71.2 cm³/mol. The minimum atomic E-state index is 0.495. The van der Waals surface area contributed by atoms with Crippen molar-refractivity contribution in [1.82, 2.24) is 4.98 Å². The van der Waals surface area contributed by atoms with Gasteiger partial charge in [-0.1, -0.05) is 38.1 Å². The van der Waals surface area contributed by atoms with E-state index < -0.39 is 0 Å². The highest BCUT2D eigenvalue weighted by atomic mass is 35.5. The van der Waals surface area contributed by atoms with E-state index in [-0.39, 0.29) is 0 Å². The van der Waals surface area contributed by atoms with Crippen molar-refractivity contribution in [2.75, 3.05) is 0 Å². The second-order valence-electron chi connectivity index (χ2n) is 4.04. The molecular formula is C13H14ClNS. The Morgan fingerprint density at radius 1 is 1.25 bits per heavy atom. The molecule has 0 saturated carbocycles. The van der Waals surface area contributed by atoms with E-state index in [9.17, 15) is 0 Å². The molecule has 1 aromatic carbocycles. The van der Waals surface area contributed by atoms with Crippen LogP contribution in [0.25, 0.3) is 11.3 Å². The average Bonchev–Trinajstić information content (AvgIpc) is 2.77. The molecule has 0 N–H and O–H groups in total. The standard InChI is InChI=1S/C13H14ClNS/c1-9(2)10-3-5-11(6-4-10)12-8-16-13(7-14)15-12/h3-6,8-9H,7H2,1-2H3. The molecule has 0 aliphatic heterocycles. The van der Waals surface area contributed by atoms with Gasteiger partial charge in [-0.15, -0.1) is 22.9 Å². The number of hydrogen-bond donors (Lipinski definition) is 0. The van der Waals surface area contributed by atoms with E-state index in [1.165, 1.54) is 5.56 Å². The number of thiazole rings is 1. The second-order valence-corrected chi connectivity index (χ2v) is 5.25. The van der Waals surface area contributed by atoms with Crippen molar-refractivity contribution in [3.8, 4) is 11.3 Å². The summed E-state index contributed by atoms with van der Waals surface area (Å²) in [6, 6.07) is 8.59. The first-order chi connectivity index (χ1) is 7.70. The lowest BCUT2D eigenvalue weighted by atomic mass is 10.0. The summed E-state index contributed by atoms with van der Waals surface area (Å²) in [5, 5.41) is 3.03. The van der Waals surface area contributed by atoms with Crippen molar-refractivity contribution in [2.24, 2.45) is 0 Å². The SMILES string of the molecule is CC(C)c1ccc(-c2csc(CCl)n2)cc1. The quantitative estimate of drug-likeness (QED) is 0.723. The summed E-state index contributed by atoms with van der Waals surface area (Å²) in [7, 11) is 0. The first kappa shape index (κ1) is 11.6. The first-order valence-corrected chi connectivity index (χ1v) is 6.73. The van der Waals surface area contributed by atoms with Crippen molar-refractivity contribution in [2.45, 2.75) is 25.6 Å². The molecule has 2 aromatic rings. The minimum Gasteiger partial charge on any atom is -0.240 e. The summed E-state index contributed by atoms with van der Waals surface area (Å²) in [5.74, 6) is 1.07. The highest BCUT2D eigenvalue weighted by Crippen LogP contribution is 2.24. The van der Waals surface area contributed by atoms with Gasteiger partial charge in [0.1, 0.15) is 5.01 Å². The van der Waals surface area contributed by atoms with Crippen molar-refractivity contribution >= 4 is 22.9 Å². The minimum absolute atomic E-state index is 0.495. The van der Waals surface area contributed by atoms with Gasteiger partial charge >= 0.3 is 0 Å². The first-order valence-electron chi connectivity index (χ1n) is 5.31. The molecule has 0 atom stereocenters. The Balaban J connectivity index is 2.27. The fourth-order valence-electron chi connectivity index (χ4n) is 1.54. The number of nitrogens with zero attached hydrogens (tertiary/aromatic N) is 1. The summed E-state index contributed by atoms with van der Waals surface area (Å²) >= 11 is 7.35. The largest absolute Gasteiger partial charge is 0.240 e. The third-order valence-electron chi connectivity index (χ3n) is 2.54. The average molecular weight is 252 g/mol. The molecule has 3 heteroatoms. The number of aromatic nitrogens is 1. The summed E-state index contributed by atoms with van der Waals surface area (Å²) in [4.78, 5) is 4.46. The fraction of sp³-hybridized carbons (Fsp3) is 0.308. The molecule has 0 saturated heterocycles. The van der Waals surface area contributed by atoms with Gasteiger partial charge in [-0.25, -0.2) is 4.98 Å². The zero-order valence-corrected chi connectivity index (χ0v) is 11.0. The van der Waals surface area contributed by atoms with Gasteiger partial charge in [0.2, 0.25) is 0 Å². The summed E-state index contributed by atoms with van der Waals surface area (Å²) in [6.45, 7) is 4.40. The maximum atomic E-state index is 5.74. The fourth-order valence-corrected chi connectivity index (χ4v) is 2.44. The Kier molecular flexibility index (Phi) is 3.62. The second kappa shape index (κ2) is 4.98. The van der Waals surface area contributed by atoms with Crippen LogP contribution in [0.3, 0.4) is 0 Å². The number of benzene rings is 1. The highest BCUT2D eigenvalue weighted by molar-refractivity contribution is 7.10. The lowest BCUT2D eigenvalue weighted by molar-refractivity contribution is 0.867. The maximum absolute atomic E-state index is 5.74. The zero-order chi connectivity index (χ0) is 11.5. The molecular weight excluding hydrogens is 238 g/mol. The summed E-state index contributed by atoms with van der Waals surface area (Å²) in [6.07, 6.45) is 0. The van der Waals surface area contributed by atoms with Crippen LogP contribution in [0.5, 0.6) is 0 Å². The van der Waals surface area contributed by atoms with Crippen molar-refractivity contribution in [1.29, 1.82) is 0 Å².